The highest BCUT2D eigenvalue weighted by Gasteiger charge is 2.33. The molecule has 2 rings (SSSR count). The van der Waals surface area contributed by atoms with Crippen molar-refractivity contribution in [3.8, 4) is 0 Å². The van der Waals surface area contributed by atoms with Crippen molar-refractivity contribution in [1.29, 1.82) is 0 Å². The molecule has 0 aromatic rings. The van der Waals surface area contributed by atoms with E-state index < -0.39 is 11.9 Å². The minimum Gasteiger partial charge on any atom is -0.481 e. The molecule has 1 N–H and O–H groups in total. The summed E-state index contributed by atoms with van der Waals surface area (Å²) in [4.78, 5) is 28.8. The molecule has 0 aliphatic carbocycles. The molecule has 0 bridgehead atoms. The molecule has 2 aliphatic heterocycles. The van der Waals surface area contributed by atoms with E-state index >= 15 is 0 Å². The number of likely N-dealkylation sites (tertiary alicyclic amines) is 2. The molecule has 2 heterocycles. The molecule has 6 heteroatoms. The fourth-order valence-corrected chi connectivity index (χ4v) is 3.02. The first-order chi connectivity index (χ1) is 8.97. The molecule has 6 nitrogen and oxygen atoms in total. The first kappa shape index (κ1) is 14.1. The number of rotatable bonds is 3. The number of aliphatic carboxylic acids is 1. The topological polar surface area (TPSA) is 64.1 Å². The SMILES string of the molecule is CN1CCC(CN(C)C(=O)N2CCC(C(=O)O)C2)C1. The second kappa shape index (κ2) is 5.77. The first-order valence-corrected chi connectivity index (χ1v) is 6.88. The van der Waals surface area contributed by atoms with E-state index in [1.165, 1.54) is 0 Å². The van der Waals surface area contributed by atoms with Gasteiger partial charge in [0.05, 0.1) is 5.92 Å². The molecule has 0 saturated carbocycles. The van der Waals surface area contributed by atoms with Crippen LogP contribution in [0.15, 0.2) is 0 Å². The van der Waals surface area contributed by atoms with E-state index in [-0.39, 0.29) is 6.03 Å². The molecule has 0 aromatic carbocycles. The van der Waals surface area contributed by atoms with Crippen molar-refractivity contribution in [2.75, 3.05) is 46.8 Å². The fraction of sp³-hybridized carbons (Fsp3) is 0.846. The summed E-state index contributed by atoms with van der Waals surface area (Å²) in [5.74, 6) is -0.651. The van der Waals surface area contributed by atoms with Crippen LogP contribution in [-0.2, 0) is 4.79 Å². The van der Waals surface area contributed by atoms with Gasteiger partial charge < -0.3 is 19.8 Å². The number of carbonyl (C=O) groups excluding carboxylic acids is 1. The third kappa shape index (κ3) is 3.37. The van der Waals surface area contributed by atoms with Gasteiger partial charge >= 0.3 is 12.0 Å². The highest BCUT2D eigenvalue weighted by molar-refractivity contribution is 5.77. The van der Waals surface area contributed by atoms with Crippen molar-refractivity contribution in [2.45, 2.75) is 12.8 Å². The van der Waals surface area contributed by atoms with E-state index in [0.717, 1.165) is 26.1 Å². The molecular weight excluding hydrogens is 246 g/mol. The van der Waals surface area contributed by atoms with Crippen LogP contribution in [0.5, 0.6) is 0 Å². The van der Waals surface area contributed by atoms with E-state index in [2.05, 4.69) is 11.9 Å². The summed E-state index contributed by atoms with van der Waals surface area (Å²) >= 11 is 0. The summed E-state index contributed by atoms with van der Waals surface area (Å²) in [6, 6.07) is -0.0293. The van der Waals surface area contributed by atoms with Gasteiger partial charge in [-0.15, -0.1) is 0 Å². The Balaban J connectivity index is 1.81. The zero-order valence-electron chi connectivity index (χ0n) is 11.7. The Bertz CT molecular complexity index is 361. The minimum absolute atomic E-state index is 0.0293. The predicted molar refractivity (Wildman–Crippen MR) is 70.9 cm³/mol. The van der Waals surface area contributed by atoms with Crippen LogP contribution in [0.1, 0.15) is 12.8 Å². The van der Waals surface area contributed by atoms with Gasteiger partial charge in [0.1, 0.15) is 0 Å². The van der Waals surface area contributed by atoms with Gasteiger partial charge in [-0.25, -0.2) is 4.79 Å². The molecule has 2 fully saturated rings. The van der Waals surface area contributed by atoms with Crippen LogP contribution in [0.2, 0.25) is 0 Å². The number of carboxylic acids is 1. The molecule has 2 saturated heterocycles. The van der Waals surface area contributed by atoms with Crippen molar-refractivity contribution < 1.29 is 14.7 Å². The number of carbonyl (C=O) groups is 2. The molecule has 2 aliphatic rings. The highest BCUT2D eigenvalue weighted by Crippen LogP contribution is 2.19. The van der Waals surface area contributed by atoms with E-state index in [4.69, 9.17) is 5.11 Å². The Labute approximate surface area is 114 Å². The van der Waals surface area contributed by atoms with Crippen LogP contribution in [0.3, 0.4) is 0 Å². The van der Waals surface area contributed by atoms with Crippen molar-refractivity contribution in [2.24, 2.45) is 11.8 Å². The van der Waals surface area contributed by atoms with Crippen LogP contribution >= 0.6 is 0 Å². The van der Waals surface area contributed by atoms with Gasteiger partial charge in [0.2, 0.25) is 0 Å². The van der Waals surface area contributed by atoms with E-state index in [1.807, 2.05) is 7.05 Å². The zero-order chi connectivity index (χ0) is 14.0. The van der Waals surface area contributed by atoms with E-state index in [1.54, 1.807) is 9.80 Å². The van der Waals surface area contributed by atoms with Gasteiger partial charge in [0.15, 0.2) is 0 Å². The molecule has 0 aromatic heterocycles. The summed E-state index contributed by atoms with van der Waals surface area (Å²) in [7, 11) is 3.91. The molecule has 0 radical (unpaired) electrons. The lowest BCUT2D eigenvalue weighted by Crippen LogP contribution is -2.42. The highest BCUT2D eigenvalue weighted by atomic mass is 16.4. The van der Waals surface area contributed by atoms with Gasteiger partial charge in [0, 0.05) is 33.2 Å². The average Bonchev–Trinajstić information content (AvgIpc) is 2.97. The maximum Gasteiger partial charge on any atom is 0.319 e. The van der Waals surface area contributed by atoms with Crippen molar-refractivity contribution in [3.05, 3.63) is 0 Å². The lowest BCUT2D eigenvalue weighted by atomic mass is 10.1. The quantitative estimate of drug-likeness (QED) is 0.805. The Kier molecular flexibility index (Phi) is 4.29. The fourth-order valence-electron chi connectivity index (χ4n) is 3.02. The van der Waals surface area contributed by atoms with Crippen LogP contribution in [-0.4, -0.2) is 78.6 Å². The molecule has 0 spiro atoms. The number of hydrogen-bond acceptors (Lipinski definition) is 3. The van der Waals surface area contributed by atoms with Crippen LogP contribution in [0.25, 0.3) is 0 Å². The minimum atomic E-state index is -0.796. The maximum atomic E-state index is 12.2. The first-order valence-electron chi connectivity index (χ1n) is 6.88. The Morgan fingerprint density at radius 1 is 1.26 bits per heavy atom. The van der Waals surface area contributed by atoms with Gasteiger partial charge in [-0.3, -0.25) is 4.79 Å². The van der Waals surface area contributed by atoms with Gasteiger partial charge in [-0.2, -0.15) is 0 Å². The molecule has 2 amide bonds. The van der Waals surface area contributed by atoms with Crippen molar-refractivity contribution >= 4 is 12.0 Å². The third-order valence-corrected chi connectivity index (χ3v) is 4.16. The molecule has 2 atom stereocenters. The van der Waals surface area contributed by atoms with Gasteiger partial charge in [-0.1, -0.05) is 0 Å². The van der Waals surface area contributed by atoms with Gasteiger partial charge in [0.25, 0.3) is 0 Å². The second-order valence-electron chi connectivity index (χ2n) is 5.85. The van der Waals surface area contributed by atoms with Gasteiger partial charge in [-0.05, 0) is 32.4 Å². The molecular formula is C13H23N3O3. The summed E-state index contributed by atoms with van der Waals surface area (Å²) in [6.45, 7) is 3.80. The maximum absolute atomic E-state index is 12.2. The number of carboxylic acid groups (broad SMARTS) is 1. The summed E-state index contributed by atoms with van der Waals surface area (Å²) in [5, 5.41) is 8.95. The second-order valence-corrected chi connectivity index (χ2v) is 5.85. The normalized spacial score (nSPS) is 27.8. The summed E-state index contributed by atoms with van der Waals surface area (Å²) in [6.07, 6.45) is 1.70. The van der Waals surface area contributed by atoms with Crippen molar-refractivity contribution in [3.63, 3.8) is 0 Å². The number of hydrogen-bond donors (Lipinski definition) is 1. The standard InChI is InChI=1S/C13H23N3O3/c1-14-5-3-10(7-14)8-15(2)13(19)16-6-4-11(9-16)12(17)18/h10-11H,3-9H2,1-2H3,(H,17,18). The third-order valence-electron chi connectivity index (χ3n) is 4.16. The van der Waals surface area contributed by atoms with Crippen LogP contribution in [0.4, 0.5) is 4.79 Å². The van der Waals surface area contributed by atoms with Crippen LogP contribution in [0, 0.1) is 11.8 Å². The number of amides is 2. The number of nitrogens with zero attached hydrogens (tertiary/aromatic N) is 3. The zero-order valence-corrected chi connectivity index (χ0v) is 11.7. The molecule has 19 heavy (non-hydrogen) atoms. The average molecular weight is 269 g/mol. The Hall–Kier alpha value is -1.30. The van der Waals surface area contributed by atoms with Crippen LogP contribution < -0.4 is 0 Å². The Morgan fingerprint density at radius 3 is 2.53 bits per heavy atom. The monoisotopic (exact) mass is 269 g/mol. The molecule has 108 valence electrons. The smallest absolute Gasteiger partial charge is 0.319 e. The largest absolute Gasteiger partial charge is 0.481 e. The summed E-state index contributed by atoms with van der Waals surface area (Å²) < 4.78 is 0. The lowest BCUT2D eigenvalue weighted by Gasteiger charge is -2.26. The summed E-state index contributed by atoms with van der Waals surface area (Å²) in [5.41, 5.74) is 0. The predicted octanol–water partition coefficient (Wildman–Crippen LogP) is 0.396. The molecule has 2 unspecified atom stereocenters. The number of urea groups is 1. The van der Waals surface area contributed by atoms with E-state index in [0.29, 0.717) is 25.4 Å². The lowest BCUT2D eigenvalue weighted by molar-refractivity contribution is -0.141. The van der Waals surface area contributed by atoms with Crippen molar-refractivity contribution in [1.82, 2.24) is 14.7 Å². The van der Waals surface area contributed by atoms with E-state index in [9.17, 15) is 9.59 Å². The Morgan fingerprint density at radius 2 is 2.00 bits per heavy atom.